The zero-order valence-corrected chi connectivity index (χ0v) is 20.3. The van der Waals surface area contributed by atoms with E-state index in [-0.39, 0.29) is 0 Å². The van der Waals surface area contributed by atoms with Crippen molar-refractivity contribution in [2.75, 3.05) is 5.73 Å². The summed E-state index contributed by atoms with van der Waals surface area (Å²) in [6, 6.07) is 3.33. The van der Waals surface area contributed by atoms with Crippen LogP contribution in [0.15, 0.2) is 66.2 Å². The first-order valence-electron chi connectivity index (χ1n) is 8.76. The second-order valence-electron chi connectivity index (χ2n) is 6.90. The van der Waals surface area contributed by atoms with Crippen molar-refractivity contribution >= 4 is 68.3 Å². The van der Waals surface area contributed by atoms with Crippen LogP contribution in [0.25, 0.3) is 10.8 Å². The molecule has 0 atom stereocenters. The molecular weight excluding hydrogens is 570 g/mol. The van der Waals surface area contributed by atoms with Crippen LogP contribution in [0, 0.1) is 0 Å². The molecule has 0 bridgehead atoms. The largest absolute Gasteiger partial charge is 0.507 e. The number of hydrogen-bond donors (Lipinski definition) is 6. The van der Waals surface area contributed by atoms with Crippen LogP contribution in [-0.2, 0) is 40.5 Å². The highest BCUT2D eigenvalue weighted by molar-refractivity contribution is 7.87. The van der Waals surface area contributed by atoms with Gasteiger partial charge in [0, 0.05) is 11.5 Å². The number of nitrogen functional groups attached to an aromatic ring is 1. The van der Waals surface area contributed by atoms with Crippen LogP contribution in [0.2, 0.25) is 0 Å². The van der Waals surface area contributed by atoms with Crippen molar-refractivity contribution in [2.24, 2.45) is 10.2 Å². The second kappa shape index (κ2) is 8.70. The van der Waals surface area contributed by atoms with Gasteiger partial charge in [0.25, 0.3) is 40.5 Å². The Bertz CT molecular complexity index is 1900. The molecule has 0 amide bonds. The smallest absolute Gasteiger partial charge is 0.296 e. The molecule has 0 aliphatic rings. The van der Waals surface area contributed by atoms with E-state index in [1.165, 1.54) is 0 Å². The van der Waals surface area contributed by atoms with E-state index in [1.54, 1.807) is 0 Å². The Kier molecular flexibility index (Phi) is 6.61. The van der Waals surface area contributed by atoms with E-state index in [4.69, 9.17) is 5.73 Å². The number of azo groups is 1. The van der Waals surface area contributed by atoms with Crippen molar-refractivity contribution in [1.82, 2.24) is 0 Å². The highest BCUT2D eigenvalue weighted by atomic mass is 32.2. The monoisotopic (exact) mass is 583 g/mol. The van der Waals surface area contributed by atoms with Gasteiger partial charge in [0.2, 0.25) is 0 Å². The molecular formula is C16H13N3O13S4. The van der Waals surface area contributed by atoms with Gasteiger partial charge in [-0.25, -0.2) is 0 Å². The number of rotatable bonds is 6. The first kappa shape index (κ1) is 27.3. The quantitative estimate of drug-likeness (QED) is 0.136. The molecule has 16 nitrogen and oxygen atoms in total. The van der Waals surface area contributed by atoms with Gasteiger partial charge in [0.1, 0.15) is 26.9 Å². The van der Waals surface area contributed by atoms with Gasteiger partial charge in [0.15, 0.2) is 0 Å². The molecule has 0 unspecified atom stereocenters. The lowest BCUT2D eigenvalue weighted by molar-refractivity contribution is 0.470. The van der Waals surface area contributed by atoms with Crippen molar-refractivity contribution in [2.45, 2.75) is 19.6 Å². The average molecular weight is 584 g/mol. The number of aromatic hydroxyl groups is 1. The van der Waals surface area contributed by atoms with Crippen molar-refractivity contribution < 1.29 is 57.0 Å². The van der Waals surface area contributed by atoms with E-state index in [9.17, 15) is 57.0 Å². The van der Waals surface area contributed by atoms with Gasteiger partial charge in [-0.2, -0.15) is 33.7 Å². The molecule has 36 heavy (non-hydrogen) atoms. The fraction of sp³-hybridized carbons (Fsp3) is 0. The number of phenolic OH excluding ortho intramolecular Hbond substituents is 1. The maximum absolute atomic E-state index is 11.9. The molecule has 0 saturated carbocycles. The van der Waals surface area contributed by atoms with Crippen LogP contribution >= 0.6 is 0 Å². The molecule has 0 spiro atoms. The molecule has 3 rings (SSSR count). The number of nitrogens with two attached hydrogens (primary N) is 1. The van der Waals surface area contributed by atoms with Crippen molar-refractivity contribution in [3.8, 4) is 5.75 Å². The molecule has 0 aliphatic carbocycles. The van der Waals surface area contributed by atoms with Crippen LogP contribution in [-0.4, -0.2) is 57.0 Å². The molecule has 0 aromatic heterocycles. The second-order valence-corrected chi connectivity index (χ2v) is 12.5. The fourth-order valence-corrected chi connectivity index (χ4v) is 5.32. The first-order valence-corrected chi connectivity index (χ1v) is 14.5. The van der Waals surface area contributed by atoms with E-state index in [2.05, 4.69) is 10.2 Å². The third-order valence-corrected chi connectivity index (χ3v) is 7.99. The van der Waals surface area contributed by atoms with Gasteiger partial charge < -0.3 is 10.8 Å². The van der Waals surface area contributed by atoms with Gasteiger partial charge in [-0.05, 0) is 30.3 Å². The standard InChI is InChI=1S/C16H13N3O13S4/c17-16-11(19-18-10-4-7(33(21,22)23)1-2-13(10)35(27,28)29)6-14(36(30,31)32)9-3-8(34(24,25)26)5-12(20)15(9)16/h1-6,20H,17H2,(H,21,22,23)(H,24,25,26)(H,27,28,29)(H,30,31,32). The summed E-state index contributed by atoms with van der Waals surface area (Å²) in [5, 5.41) is 16.0. The summed E-state index contributed by atoms with van der Waals surface area (Å²) in [5.41, 5.74) is 3.77. The van der Waals surface area contributed by atoms with Crippen LogP contribution in [0.3, 0.4) is 0 Å². The normalized spacial score (nSPS) is 13.4. The zero-order chi connectivity index (χ0) is 27.4. The molecule has 0 fully saturated rings. The van der Waals surface area contributed by atoms with E-state index < -0.39 is 93.6 Å². The lowest BCUT2D eigenvalue weighted by Crippen LogP contribution is -2.04. The number of anilines is 1. The molecule has 3 aromatic rings. The molecule has 0 aliphatic heterocycles. The van der Waals surface area contributed by atoms with Gasteiger partial charge >= 0.3 is 0 Å². The van der Waals surface area contributed by atoms with Gasteiger partial charge in [0.05, 0.1) is 20.9 Å². The number of phenols is 1. The molecule has 7 N–H and O–H groups in total. The number of nitrogens with zero attached hydrogens (tertiary/aromatic N) is 2. The summed E-state index contributed by atoms with van der Waals surface area (Å²) >= 11 is 0. The Balaban J connectivity index is 2.39. The van der Waals surface area contributed by atoms with E-state index >= 15 is 0 Å². The first-order chi connectivity index (χ1) is 16.2. The summed E-state index contributed by atoms with van der Waals surface area (Å²) in [6.45, 7) is 0. The minimum Gasteiger partial charge on any atom is -0.507 e. The van der Waals surface area contributed by atoms with Gasteiger partial charge in [-0.15, -0.1) is 10.2 Å². The number of benzene rings is 3. The van der Waals surface area contributed by atoms with Crippen LogP contribution in [0.5, 0.6) is 5.75 Å². The highest BCUT2D eigenvalue weighted by Gasteiger charge is 2.25. The van der Waals surface area contributed by atoms with Crippen LogP contribution in [0.4, 0.5) is 17.1 Å². The van der Waals surface area contributed by atoms with Crippen LogP contribution < -0.4 is 5.73 Å². The maximum Gasteiger partial charge on any atom is 0.296 e. The van der Waals surface area contributed by atoms with Crippen molar-refractivity contribution in [3.05, 3.63) is 36.4 Å². The van der Waals surface area contributed by atoms with Gasteiger partial charge in [-0.3, -0.25) is 18.2 Å². The summed E-state index contributed by atoms with van der Waals surface area (Å²) in [5.74, 6) is -0.980. The SMILES string of the molecule is Nc1c(N=Nc2cc(S(=O)(=O)O)ccc2S(=O)(=O)O)cc(S(=O)(=O)O)c2cc(S(=O)(=O)O)cc(O)c12. The number of hydrogen-bond acceptors (Lipinski definition) is 12. The topological polar surface area (TPSA) is 288 Å². The minimum atomic E-state index is -5.18. The summed E-state index contributed by atoms with van der Waals surface area (Å²) in [7, 11) is -20.0. The third-order valence-electron chi connectivity index (χ3n) is 4.52. The summed E-state index contributed by atoms with van der Waals surface area (Å²) in [4.78, 5) is -3.85. The molecule has 0 radical (unpaired) electrons. The van der Waals surface area contributed by atoms with Crippen LogP contribution in [0.1, 0.15) is 0 Å². The lowest BCUT2D eigenvalue weighted by atomic mass is 10.1. The van der Waals surface area contributed by atoms with E-state index in [1.807, 2.05) is 0 Å². The van der Waals surface area contributed by atoms with Crippen molar-refractivity contribution in [1.29, 1.82) is 0 Å². The Morgan fingerprint density at radius 3 is 1.64 bits per heavy atom. The third kappa shape index (κ3) is 5.44. The molecule has 0 saturated heterocycles. The Morgan fingerprint density at radius 1 is 0.611 bits per heavy atom. The zero-order valence-electron chi connectivity index (χ0n) is 17.1. The molecule has 0 heterocycles. The minimum absolute atomic E-state index is 0.499. The molecule has 20 heteroatoms. The maximum atomic E-state index is 11.9. The molecule has 3 aromatic carbocycles. The van der Waals surface area contributed by atoms with E-state index in [0.717, 1.165) is 0 Å². The highest BCUT2D eigenvalue weighted by Crippen LogP contribution is 2.42. The van der Waals surface area contributed by atoms with E-state index in [0.29, 0.717) is 36.4 Å². The Hall–Kier alpha value is -3.24. The predicted molar refractivity (Wildman–Crippen MR) is 120 cm³/mol. The fourth-order valence-electron chi connectivity index (χ4n) is 2.99. The number of fused-ring (bicyclic) bond motifs is 1. The van der Waals surface area contributed by atoms with Gasteiger partial charge in [-0.1, -0.05) is 0 Å². The summed E-state index contributed by atoms with van der Waals surface area (Å²) in [6.07, 6.45) is 0. The average Bonchev–Trinajstić information content (AvgIpc) is 2.69. The Labute approximate surface area is 202 Å². The Morgan fingerprint density at radius 2 is 1.14 bits per heavy atom. The van der Waals surface area contributed by atoms with Crippen molar-refractivity contribution in [3.63, 3.8) is 0 Å². The molecule has 194 valence electrons. The summed E-state index contributed by atoms with van der Waals surface area (Å²) < 4.78 is 130. The lowest BCUT2D eigenvalue weighted by Gasteiger charge is -2.12. The predicted octanol–water partition coefficient (Wildman–Crippen LogP) is 1.53.